The molecule has 4 aromatic rings. The maximum Gasteiger partial charge on any atom is 0.337 e. The molecular weight excluding hydrogens is 466 g/mol. The monoisotopic (exact) mass is 503 g/mol. The maximum atomic E-state index is 10.8. The Bertz CT molecular complexity index is 1240. The fourth-order valence-electron chi connectivity index (χ4n) is 4.29. The Labute approximate surface area is 219 Å². The zero-order valence-electron chi connectivity index (χ0n) is 22.4. The van der Waals surface area contributed by atoms with Crippen LogP contribution >= 0.6 is 0 Å². The summed E-state index contributed by atoms with van der Waals surface area (Å²) in [5, 5.41) is 9.45. The van der Waals surface area contributed by atoms with Gasteiger partial charge in [-0.1, -0.05) is 32.0 Å². The van der Waals surface area contributed by atoms with Gasteiger partial charge < -0.3 is 19.4 Å². The number of ether oxygens (including phenoxy) is 2. The summed E-state index contributed by atoms with van der Waals surface area (Å²) >= 11 is 0. The molecule has 0 aliphatic carbocycles. The number of aryl methyl sites for hydroxylation is 1. The average Bonchev–Trinajstić information content (AvgIpc) is 3.48. The van der Waals surface area contributed by atoms with Crippen molar-refractivity contribution >= 4 is 22.7 Å². The van der Waals surface area contributed by atoms with Gasteiger partial charge in [-0.2, -0.15) is 5.10 Å². The van der Waals surface area contributed by atoms with E-state index in [0.717, 1.165) is 44.3 Å². The van der Waals surface area contributed by atoms with Gasteiger partial charge in [-0.15, -0.1) is 5.10 Å². The largest absolute Gasteiger partial charge is 0.496 e. The highest BCUT2D eigenvalue weighted by Gasteiger charge is 2.21. The lowest BCUT2D eigenvalue weighted by Gasteiger charge is -2.35. The average molecular weight is 504 g/mol. The number of nitrogens with one attached hydrogen (secondary N) is 1. The van der Waals surface area contributed by atoms with Crippen molar-refractivity contribution in [3.63, 3.8) is 0 Å². The first-order valence-corrected chi connectivity index (χ1v) is 12.6. The number of fused-ring (bicyclic) bond motifs is 1. The third-order valence-electron chi connectivity index (χ3n) is 6.16. The smallest absolute Gasteiger partial charge is 0.337 e. The van der Waals surface area contributed by atoms with Gasteiger partial charge in [0.2, 0.25) is 0 Å². The maximum absolute atomic E-state index is 10.8. The van der Waals surface area contributed by atoms with Crippen molar-refractivity contribution in [2.75, 3.05) is 45.3 Å². The number of methoxy groups -OCH3 is 2. The minimum absolute atomic E-state index is 0.291. The number of esters is 1. The molecule has 2 aromatic carbocycles. The summed E-state index contributed by atoms with van der Waals surface area (Å²) in [5.41, 5.74) is 4.27. The van der Waals surface area contributed by atoms with E-state index in [2.05, 4.69) is 48.8 Å². The third-order valence-corrected chi connectivity index (χ3v) is 6.16. The summed E-state index contributed by atoms with van der Waals surface area (Å²) < 4.78 is 10.2. The molecule has 1 fully saturated rings. The molecule has 8 nitrogen and oxygen atoms in total. The highest BCUT2D eigenvalue weighted by atomic mass is 16.5. The Hall–Kier alpha value is -3.91. The number of aromatic amines is 1. The Morgan fingerprint density at radius 2 is 1.73 bits per heavy atom. The summed E-state index contributed by atoms with van der Waals surface area (Å²) in [5.74, 6) is 1.64. The second kappa shape index (κ2) is 14.0. The molecule has 1 aliphatic rings. The predicted octanol–water partition coefficient (Wildman–Crippen LogP) is 5.10. The molecular formula is C29H37N5O3. The van der Waals surface area contributed by atoms with Crippen LogP contribution in [-0.2, 0) is 11.3 Å². The molecule has 37 heavy (non-hydrogen) atoms. The van der Waals surface area contributed by atoms with Crippen molar-refractivity contribution in [2.45, 2.75) is 27.3 Å². The normalized spacial score (nSPS) is 13.2. The number of benzene rings is 2. The molecule has 1 saturated heterocycles. The lowest BCUT2D eigenvalue weighted by molar-refractivity contribution is 0.0600. The molecule has 2 aromatic heterocycles. The molecule has 3 heterocycles. The number of hydrogen-bond donors (Lipinski definition) is 1. The van der Waals surface area contributed by atoms with E-state index in [1.165, 1.54) is 29.1 Å². The molecule has 0 bridgehead atoms. The number of H-pyrrole nitrogens is 1. The number of aromatic nitrogens is 3. The zero-order valence-corrected chi connectivity index (χ0v) is 22.4. The van der Waals surface area contributed by atoms with Crippen LogP contribution in [0.4, 0.5) is 5.82 Å². The van der Waals surface area contributed by atoms with Crippen LogP contribution in [0.1, 0.15) is 35.3 Å². The van der Waals surface area contributed by atoms with E-state index < -0.39 is 0 Å². The number of anilines is 1. The quantitative estimate of drug-likeness (QED) is 0.380. The Kier molecular flexibility index (Phi) is 10.5. The predicted molar refractivity (Wildman–Crippen MR) is 148 cm³/mol. The van der Waals surface area contributed by atoms with Crippen LogP contribution in [0.15, 0.2) is 67.0 Å². The highest BCUT2D eigenvalue weighted by molar-refractivity contribution is 5.89. The van der Waals surface area contributed by atoms with Gasteiger partial charge in [-0.05, 0) is 48.9 Å². The van der Waals surface area contributed by atoms with Gasteiger partial charge >= 0.3 is 5.97 Å². The van der Waals surface area contributed by atoms with Gasteiger partial charge in [-0.25, -0.2) is 4.79 Å². The molecule has 0 saturated carbocycles. The molecule has 1 aliphatic heterocycles. The van der Waals surface area contributed by atoms with Crippen molar-refractivity contribution in [1.29, 1.82) is 0 Å². The first kappa shape index (κ1) is 27.7. The van der Waals surface area contributed by atoms with Crippen LogP contribution in [0.5, 0.6) is 5.75 Å². The van der Waals surface area contributed by atoms with Crippen LogP contribution in [-0.4, -0.2) is 66.4 Å². The minimum Gasteiger partial charge on any atom is -0.496 e. The van der Waals surface area contributed by atoms with Crippen molar-refractivity contribution in [3.8, 4) is 5.75 Å². The molecule has 8 heteroatoms. The first-order valence-electron chi connectivity index (χ1n) is 12.6. The van der Waals surface area contributed by atoms with Gasteiger partial charge in [0.25, 0.3) is 0 Å². The molecule has 196 valence electrons. The van der Waals surface area contributed by atoms with Gasteiger partial charge in [0, 0.05) is 61.6 Å². The number of carbonyl (C=O) groups is 1. The molecule has 0 atom stereocenters. The van der Waals surface area contributed by atoms with Crippen LogP contribution in [0.25, 0.3) is 10.9 Å². The van der Waals surface area contributed by atoms with E-state index in [1.807, 2.05) is 38.2 Å². The standard InChI is InChI=1S/C19H23N5O.C8H8O2.C2H6/c1-14-12-17(25-2)16(15-5-7-20-19(14)15)13-23-8-10-24(11-9-23)18-4-3-6-21-22-18;1-10-8(9)7-5-3-2-4-6-7;1-2/h3-7,12,20H,8-11,13H2,1-2H3;2-6H,1H3;1-2H3. The van der Waals surface area contributed by atoms with E-state index in [4.69, 9.17) is 4.74 Å². The fourth-order valence-corrected chi connectivity index (χ4v) is 4.29. The van der Waals surface area contributed by atoms with Crippen molar-refractivity contribution in [3.05, 3.63) is 83.7 Å². The summed E-state index contributed by atoms with van der Waals surface area (Å²) in [6, 6.07) is 17.1. The van der Waals surface area contributed by atoms with Crippen LogP contribution < -0.4 is 9.64 Å². The zero-order chi connectivity index (χ0) is 26.6. The van der Waals surface area contributed by atoms with Crippen molar-refractivity contribution in [2.24, 2.45) is 0 Å². The molecule has 0 radical (unpaired) electrons. The molecule has 5 rings (SSSR count). The number of hydrogen-bond acceptors (Lipinski definition) is 7. The van der Waals surface area contributed by atoms with Crippen LogP contribution in [0.3, 0.4) is 0 Å². The summed E-state index contributed by atoms with van der Waals surface area (Å²) in [6.07, 6.45) is 3.72. The Morgan fingerprint density at radius 1 is 1.00 bits per heavy atom. The van der Waals surface area contributed by atoms with Gasteiger partial charge in [0.15, 0.2) is 5.82 Å². The topological polar surface area (TPSA) is 83.6 Å². The number of carbonyl (C=O) groups excluding carboxylic acids is 1. The van der Waals surface area contributed by atoms with E-state index in [0.29, 0.717) is 5.56 Å². The first-order chi connectivity index (χ1) is 18.1. The van der Waals surface area contributed by atoms with E-state index >= 15 is 0 Å². The van der Waals surface area contributed by atoms with Crippen molar-refractivity contribution in [1.82, 2.24) is 20.1 Å². The molecule has 0 amide bonds. The van der Waals surface area contributed by atoms with Gasteiger partial charge in [-0.3, -0.25) is 4.90 Å². The van der Waals surface area contributed by atoms with Gasteiger partial charge in [0.1, 0.15) is 5.75 Å². The number of nitrogens with zero attached hydrogens (tertiary/aromatic N) is 4. The van der Waals surface area contributed by atoms with Crippen LogP contribution in [0, 0.1) is 6.92 Å². The lowest BCUT2D eigenvalue weighted by Crippen LogP contribution is -2.46. The van der Waals surface area contributed by atoms with Crippen LogP contribution in [0.2, 0.25) is 0 Å². The fraction of sp³-hybridized carbons (Fsp3) is 0.345. The van der Waals surface area contributed by atoms with E-state index in [9.17, 15) is 4.79 Å². The third kappa shape index (κ3) is 7.07. The minimum atomic E-state index is -0.291. The highest BCUT2D eigenvalue weighted by Crippen LogP contribution is 2.31. The Balaban J connectivity index is 0.000000266. The second-order valence-corrected chi connectivity index (χ2v) is 8.34. The summed E-state index contributed by atoms with van der Waals surface area (Å²) in [6.45, 7) is 10.9. The lowest BCUT2D eigenvalue weighted by atomic mass is 10.0. The molecule has 1 N–H and O–H groups in total. The Morgan fingerprint density at radius 3 is 2.35 bits per heavy atom. The number of rotatable bonds is 5. The van der Waals surface area contributed by atoms with Crippen molar-refractivity contribution < 1.29 is 14.3 Å². The number of piperazine rings is 1. The van der Waals surface area contributed by atoms with Gasteiger partial charge in [0.05, 0.1) is 19.8 Å². The van der Waals surface area contributed by atoms with E-state index in [1.54, 1.807) is 37.6 Å². The summed E-state index contributed by atoms with van der Waals surface area (Å²) in [4.78, 5) is 18.9. The summed E-state index contributed by atoms with van der Waals surface area (Å²) in [7, 11) is 3.12. The molecule has 0 spiro atoms. The van der Waals surface area contributed by atoms with E-state index in [-0.39, 0.29) is 5.97 Å². The molecule has 0 unspecified atom stereocenters. The second-order valence-electron chi connectivity index (χ2n) is 8.34. The SMILES string of the molecule is CC.COC(=O)c1ccccc1.COc1cc(C)c2[nH]ccc2c1CN1CCN(c2cccnn2)CC1.